The number of fused-ring (bicyclic) bond motifs is 3. The van der Waals surface area contributed by atoms with Crippen molar-refractivity contribution < 1.29 is 0 Å². The second-order valence-corrected chi connectivity index (χ2v) is 23.1. The van der Waals surface area contributed by atoms with E-state index in [0.29, 0.717) is 17.5 Å². The van der Waals surface area contributed by atoms with Crippen molar-refractivity contribution in [2.24, 2.45) is 0 Å². The van der Waals surface area contributed by atoms with Crippen LogP contribution in [0.4, 0.5) is 0 Å². The fraction of sp³-hybridized carbons (Fsp3) is 0. The molecule has 0 N–H and O–H groups in total. The minimum Gasteiger partial charge on any atom is -0.308 e. The lowest BCUT2D eigenvalue weighted by molar-refractivity contribution is 1.07. The van der Waals surface area contributed by atoms with Gasteiger partial charge in [-0.3, -0.25) is 0 Å². The molecular weight excluding hydrogens is 1100 g/mol. The lowest BCUT2D eigenvalue weighted by Gasteiger charge is -2.22. The molecule has 0 saturated heterocycles. The van der Waals surface area contributed by atoms with E-state index in [0.717, 1.165) is 134 Å². The van der Waals surface area contributed by atoms with E-state index in [1.165, 1.54) is 10.8 Å². The van der Waals surface area contributed by atoms with E-state index in [1.807, 2.05) is 0 Å². The highest BCUT2D eigenvalue weighted by molar-refractivity contribution is 6.23. The average Bonchev–Trinajstić information content (AvgIpc) is 1.65. The Morgan fingerprint density at radius 3 is 0.714 bits per heavy atom. The predicted octanol–water partition coefficient (Wildman–Crippen LogP) is 23.0. The molecule has 16 rings (SSSR count). The molecule has 0 atom stereocenters. The molecule has 0 spiro atoms. The maximum atomic E-state index is 5.65. The molecule has 0 unspecified atom stereocenters. The molecule has 14 aromatic carbocycles. The predicted molar refractivity (Wildman–Crippen MR) is 379 cm³/mol. The Morgan fingerprint density at radius 2 is 0.385 bits per heavy atom. The van der Waals surface area contributed by atoms with Gasteiger partial charge in [0.25, 0.3) is 0 Å². The SMILES string of the molecule is c1ccc(-c2ccc(-c3nc(-c4cc(-c5ccccc5)cc(-c5ccccc5)c4)nc(-c4cc(-c5ccccc5)c(-n5c6cc(-c7ccccc7)cc(-c7ccccc7)c6c6c(-c7ccccc7)cc(-c7ccccc7)cc65)c(-c5ccccc5)c4)n3)cc2)cc1. The molecule has 2 aromatic heterocycles. The number of aromatic nitrogens is 4. The molecule has 91 heavy (non-hydrogen) atoms. The van der Waals surface area contributed by atoms with Gasteiger partial charge in [-0.2, -0.15) is 0 Å². The van der Waals surface area contributed by atoms with Gasteiger partial charge in [0.15, 0.2) is 17.5 Å². The van der Waals surface area contributed by atoms with Crippen LogP contribution in [0.2, 0.25) is 0 Å². The summed E-state index contributed by atoms with van der Waals surface area (Å²) >= 11 is 0. The Morgan fingerprint density at radius 1 is 0.165 bits per heavy atom. The zero-order valence-corrected chi connectivity index (χ0v) is 49.8. The lowest BCUT2D eigenvalue weighted by atomic mass is 9.90. The molecule has 2 heterocycles. The Hall–Kier alpha value is -12.1. The van der Waals surface area contributed by atoms with Crippen molar-refractivity contribution in [3.8, 4) is 140 Å². The van der Waals surface area contributed by atoms with Gasteiger partial charge in [0.2, 0.25) is 0 Å². The number of rotatable bonds is 13. The molecule has 0 bridgehead atoms. The highest BCUT2D eigenvalue weighted by Crippen LogP contribution is 2.50. The summed E-state index contributed by atoms with van der Waals surface area (Å²) in [5.74, 6) is 1.70. The third-order valence-electron chi connectivity index (χ3n) is 17.4. The number of hydrogen-bond acceptors (Lipinski definition) is 3. The average molecular weight is 1160 g/mol. The van der Waals surface area contributed by atoms with E-state index in [1.54, 1.807) is 0 Å². The molecule has 0 radical (unpaired) electrons. The molecule has 426 valence electrons. The van der Waals surface area contributed by atoms with Gasteiger partial charge in [-0.05, 0) is 144 Å². The maximum absolute atomic E-state index is 5.65. The van der Waals surface area contributed by atoms with Gasteiger partial charge < -0.3 is 4.57 Å². The van der Waals surface area contributed by atoms with Gasteiger partial charge in [-0.25, -0.2) is 15.0 Å². The highest BCUT2D eigenvalue weighted by atomic mass is 15.0. The van der Waals surface area contributed by atoms with Crippen LogP contribution < -0.4 is 0 Å². The van der Waals surface area contributed by atoms with Gasteiger partial charge in [-0.15, -0.1) is 0 Å². The van der Waals surface area contributed by atoms with E-state index in [4.69, 9.17) is 15.0 Å². The molecule has 0 aliphatic carbocycles. The maximum Gasteiger partial charge on any atom is 0.164 e. The van der Waals surface area contributed by atoms with Gasteiger partial charge in [0.05, 0.1) is 16.7 Å². The van der Waals surface area contributed by atoms with Gasteiger partial charge >= 0.3 is 0 Å². The van der Waals surface area contributed by atoms with Crippen LogP contribution >= 0.6 is 0 Å². The monoisotopic (exact) mass is 1160 g/mol. The first kappa shape index (κ1) is 54.3. The summed E-state index contributed by atoms with van der Waals surface area (Å²) in [6.45, 7) is 0. The topological polar surface area (TPSA) is 43.6 Å². The lowest BCUT2D eigenvalue weighted by Crippen LogP contribution is -2.04. The Labute approximate surface area is 530 Å². The van der Waals surface area contributed by atoms with Crippen molar-refractivity contribution in [3.05, 3.63) is 352 Å². The molecule has 0 aliphatic rings. The standard InChI is InChI=1S/C87H58N4/c1-10-28-59(29-11-1)64-46-48-69(49-47-64)85-88-86(74-51-70(60-30-12-2-13-31-60)50-71(52-74)61-32-14-3-15-33-61)90-87(89-85)75-55-78(67-42-24-8-25-43-67)84(79(56-75)68-44-26-9-27-45-68)91-80-57-72(62-34-16-4-17-35-62)53-76(65-38-20-6-21-39-65)82(80)83-77(66-40-22-7-23-41-66)54-73(58-81(83)91)63-36-18-5-19-37-63/h1-58H. The van der Waals surface area contributed by atoms with Crippen LogP contribution in [0, 0.1) is 0 Å². The fourth-order valence-corrected chi connectivity index (χ4v) is 13.0. The Bertz CT molecular complexity index is 4990. The molecule has 0 saturated carbocycles. The molecular formula is C87H58N4. The van der Waals surface area contributed by atoms with E-state index >= 15 is 0 Å². The summed E-state index contributed by atoms with van der Waals surface area (Å²) in [4.78, 5) is 16.7. The fourth-order valence-electron chi connectivity index (χ4n) is 13.0. The Balaban J connectivity index is 1.03. The minimum absolute atomic E-state index is 0.553. The van der Waals surface area contributed by atoms with E-state index in [-0.39, 0.29) is 0 Å². The zero-order chi connectivity index (χ0) is 60.5. The van der Waals surface area contributed by atoms with Crippen LogP contribution in [0.25, 0.3) is 162 Å². The van der Waals surface area contributed by atoms with Crippen LogP contribution in [-0.4, -0.2) is 19.5 Å². The number of hydrogen-bond donors (Lipinski definition) is 0. The second-order valence-electron chi connectivity index (χ2n) is 23.1. The van der Waals surface area contributed by atoms with Crippen molar-refractivity contribution in [1.82, 2.24) is 19.5 Å². The highest BCUT2D eigenvalue weighted by Gasteiger charge is 2.28. The third-order valence-corrected chi connectivity index (χ3v) is 17.4. The largest absolute Gasteiger partial charge is 0.308 e. The van der Waals surface area contributed by atoms with Crippen molar-refractivity contribution in [3.63, 3.8) is 0 Å². The second kappa shape index (κ2) is 23.9. The van der Waals surface area contributed by atoms with Crippen molar-refractivity contribution in [2.45, 2.75) is 0 Å². The molecule has 16 aromatic rings. The molecule has 0 fully saturated rings. The Kier molecular flexibility index (Phi) is 14.2. The first-order valence-electron chi connectivity index (χ1n) is 31.0. The smallest absolute Gasteiger partial charge is 0.164 e. The summed E-state index contributed by atoms with van der Waals surface area (Å²) < 4.78 is 2.58. The minimum atomic E-state index is 0.553. The van der Waals surface area contributed by atoms with Crippen molar-refractivity contribution in [1.29, 1.82) is 0 Å². The first-order chi connectivity index (χ1) is 45.1. The summed E-state index contributed by atoms with van der Waals surface area (Å²) in [5, 5.41) is 2.33. The summed E-state index contributed by atoms with van der Waals surface area (Å²) in [6, 6.07) is 126. The summed E-state index contributed by atoms with van der Waals surface area (Å²) in [7, 11) is 0. The van der Waals surface area contributed by atoms with Gasteiger partial charge in [0, 0.05) is 38.6 Å². The molecule has 0 amide bonds. The molecule has 0 aliphatic heterocycles. The number of nitrogens with zero attached hydrogens (tertiary/aromatic N) is 4. The van der Waals surface area contributed by atoms with Crippen LogP contribution in [0.3, 0.4) is 0 Å². The van der Waals surface area contributed by atoms with Crippen LogP contribution in [0.15, 0.2) is 352 Å². The van der Waals surface area contributed by atoms with E-state index < -0.39 is 0 Å². The molecule has 4 heteroatoms. The van der Waals surface area contributed by atoms with Crippen LogP contribution in [0.1, 0.15) is 0 Å². The van der Waals surface area contributed by atoms with Crippen molar-refractivity contribution >= 4 is 21.8 Å². The van der Waals surface area contributed by atoms with Gasteiger partial charge in [0.1, 0.15) is 0 Å². The van der Waals surface area contributed by atoms with E-state index in [2.05, 4.69) is 356 Å². The van der Waals surface area contributed by atoms with E-state index in [9.17, 15) is 0 Å². The zero-order valence-electron chi connectivity index (χ0n) is 49.8. The first-order valence-corrected chi connectivity index (χ1v) is 31.0. The third kappa shape index (κ3) is 10.6. The normalized spacial score (nSPS) is 11.3. The van der Waals surface area contributed by atoms with Gasteiger partial charge in [-0.1, -0.05) is 297 Å². The quantitative estimate of drug-likeness (QED) is 0.116. The van der Waals surface area contributed by atoms with Crippen molar-refractivity contribution in [2.75, 3.05) is 0 Å². The number of benzene rings is 14. The molecule has 4 nitrogen and oxygen atoms in total. The summed E-state index contributed by atoms with van der Waals surface area (Å²) in [6.07, 6.45) is 0. The summed E-state index contributed by atoms with van der Waals surface area (Å²) in [5.41, 5.74) is 25.6. The van der Waals surface area contributed by atoms with Crippen LogP contribution in [0.5, 0.6) is 0 Å². The van der Waals surface area contributed by atoms with Crippen LogP contribution in [-0.2, 0) is 0 Å².